The van der Waals surface area contributed by atoms with Crippen LogP contribution in [0, 0.1) is 6.92 Å². The summed E-state index contributed by atoms with van der Waals surface area (Å²) >= 11 is 0. The minimum absolute atomic E-state index is 0.0945. The van der Waals surface area contributed by atoms with Gasteiger partial charge in [0.15, 0.2) is 0 Å². The van der Waals surface area contributed by atoms with Gasteiger partial charge in [-0.25, -0.2) is 0 Å². The zero-order valence-electron chi connectivity index (χ0n) is 14.2. The molecule has 5 heteroatoms. The van der Waals surface area contributed by atoms with Gasteiger partial charge in [-0.15, -0.1) is 0 Å². The van der Waals surface area contributed by atoms with Gasteiger partial charge < -0.3 is 15.1 Å². The van der Waals surface area contributed by atoms with Gasteiger partial charge in [-0.3, -0.25) is 9.59 Å². The number of carbonyl (C=O) groups is 2. The molecule has 2 aromatic carbocycles. The Balaban J connectivity index is 1.85. The predicted octanol–water partition coefficient (Wildman–Crippen LogP) is 4.00. The number of hydrogen-bond donors (Lipinski definition) is 2. The Morgan fingerprint density at radius 2 is 1.65 bits per heavy atom. The Morgan fingerprint density at radius 1 is 0.923 bits per heavy atom. The summed E-state index contributed by atoms with van der Waals surface area (Å²) in [5.41, 5.74) is 2.06. The minimum atomic E-state index is -0.436. The second-order valence-electron chi connectivity index (χ2n) is 5.66. The molecule has 0 unspecified atom stereocenters. The van der Waals surface area contributed by atoms with Gasteiger partial charge in [0, 0.05) is 17.3 Å². The number of nitrogens with one attached hydrogen (secondary N) is 2. The number of amides is 2. The van der Waals surface area contributed by atoms with Crippen molar-refractivity contribution in [3.8, 4) is 0 Å². The van der Waals surface area contributed by atoms with E-state index in [2.05, 4.69) is 10.6 Å². The Bertz CT molecular complexity index is 929. The van der Waals surface area contributed by atoms with Crippen LogP contribution in [0.1, 0.15) is 21.7 Å². The second-order valence-corrected chi connectivity index (χ2v) is 5.66. The molecule has 0 aliphatic heterocycles. The van der Waals surface area contributed by atoms with Crippen LogP contribution in [0.25, 0.3) is 6.08 Å². The largest absolute Gasteiger partial charge is 0.465 e. The van der Waals surface area contributed by atoms with Crippen LogP contribution in [0.2, 0.25) is 0 Å². The molecular formula is C21H18N2O3. The van der Waals surface area contributed by atoms with E-state index >= 15 is 0 Å². The maximum Gasteiger partial charge on any atom is 0.272 e. The van der Waals surface area contributed by atoms with Gasteiger partial charge in [0.1, 0.15) is 11.5 Å². The molecule has 5 nitrogen and oxygen atoms in total. The van der Waals surface area contributed by atoms with Gasteiger partial charge in [-0.05, 0) is 42.8 Å². The molecule has 0 saturated carbocycles. The molecule has 130 valence electrons. The van der Waals surface area contributed by atoms with E-state index in [4.69, 9.17) is 4.42 Å². The highest BCUT2D eigenvalue weighted by molar-refractivity contribution is 6.10. The van der Waals surface area contributed by atoms with E-state index in [0.717, 1.165) is 5.56 Å². The van der Waals surface area contributed by atoms with E-state index in [1.54, 1.807) is 36.4 Å². The quantitative estimate of drug-likeness (QED) is 0.686. The van der Waals surface area contributed by atoms with E-state index < -0.39 is 5.91 Å². The Kier molecular flexibility index (Phi) is 5.29. The zero-order chi connectivity index (χ0) is 18.4. The predicted molar refractivity (Wildman–Crippen MR) is 100 cm³/mol. The summed E-state index contributed by atoms with van der Waals surface area (Å²) < 4.78 is 5.27. The molecule has 0 aliphatic carbocycles. The van der Waals surface area contributed by atoms with E-state index in [9.17, 15) is 9.59 Å². The van der Waals surface area contributed by atoms with Crippen molar-refractivity contribution in [2.24, 2.45) is 0 Å². The summed E-state index contributed by atoms with van der Waals surface area (Å²) in [5.74, 6) is -0.327. The molecule has 3 rings (SSSR count). The number of hydrogen-bond acceptors (Lipinski definition) is 3. The van der Waals surface area contributed by atoms with Crippen molar-refractivity contribution >= 4 is 23.6 Å². The summed E-state index contributed by atoms with van der Waals surface area (Å²) in [7, 11) is 0. The highest BCUT2D eigenvalue weighted by Crippen LogP contribution is 2.12. The van der Waals surface area contributed by atoms with Crippen LogP contribution in [-0.2, 0) is 4.79 Å². The third-order valence-electron chi connectivity index (χ3n) is 3.74. The third-order valence-corrected chi connectivity index (χ3v) is 3.74. The minimum Gasteiger partial charge on any atom is -0.465 e. The summed E-state index contributed by atoms with van der Waals surface area (Å²) in [6, 6.07) is 19.6. The summed E-state index contributed by atoms with van der Waals surface area (Å²) in [6.07, 6.45) is 3.00. The molecule has 1 heterocycles. The Labute approximate surface area is 151 Å². The lowest BCUT2D eigenvalue weighted by Gasteiger charge is -2.12. The van der Waals surface area contributed by atoms with Crippen LogP contribution in [-0.4, -0.2) is 11.8 Å². The Morgan fingerprint density at radius 3 is 2.35 bits per heavy atom. The van der Waals surface area contributed by atoms with Gasteiger partial charge in [0.05, 0.1) is 6.26 Å². The fraction of sp³-hybridized carbons (Fsp3) is 0.0476. The lowest BCUT2D eigenvalue weighted by molar-refractivity contribution is -0.113. The average molecular weight is 346 g/mol. The number of furan rings is 1. The molecule has 0 atom stereocenters. The number of carbonyl (C=O) groups excluding carboxylic acids is 2. The normalized spacial score (nSPS) is 11.0. The lowest BCUT2D eigenvalue weighted by Crippen LogP contribution is -2.31. The van der Waals surface area contributed by atoms with Gasteiger partial charge in [0.2, 0.25) is 0 Å². The maximum absolute atomic E-state index is 12.7. The first-order valence-electron chi connectivity index (χ1n) is 8.12. The van der Waals surface area contributed by atoms with Crippen molar-refractivity contribution in [1.82, 2.24) is 5.32 Å². The first kappa shape index (κ1) is 17.2. The van der Waals surface area contributed by atoms with Crippen LogP contribution in [0.4, 0.5) is 5.69 Å². The molecule has 26 heavy (non-hydrogen) atoms. The van der Waals surface area contributed by atoms with Crippen LogP contribution in [0.3, 0.4) is 0 Å². The van der Waals surface area contributed by atoms with Gasteiger partial charge in [0.25, 0.3) is 11.8 Å². The lowest BCUT2D eigenvalue weighted by atomic mass is 10.1. The summed E-state index contributed by atoms with van der Waals surface area (Å²) in [6.45, 7) is 1.84. The molecule has 0 saturated heterocycles. The van der Waals surface area contributed by atoms with E-state index in [-0.39, 0.29) is 11.6 Å². The molecule has 2 N–H and O–H groups in total. The van der Waals surface area contributed by atoms with Gasteiger partial charge in [-0.2, -0.15) is 0 Å². The van der Waals surface area contributed by atoms with Crippen molar-refractivity contribution in [3.05, 3.63) is 95.6 Å². The Hall–Kier alpha value is -3.60. The first-order valence-corrected chi connectivity index (χ1v) is 8.12. The third kappa shape index (κ3) is 4.27. The molecule has 0 bridgehead atoms. The van der Waals surface area contributed by atoms with E-state index in [1.165, 1.54) is 12.3 Å². The summed E-state index contributed by atoms with van der Waals surface area (Å²) in [4.78, 5) is 25.3. The number of benzene rings is 2. The van der Waals surface area contributed by atoms with Crippen molar-refractivity contribution in [2.75, 3.05) is 5.32 Å². The zero-order valence-corrected chi connectivity index (χ0v) is 14.2. The number of para-hydroxylation sites is 1. The highest BCUT2D eigenvalue weighted by Gasteiger charge is 2.16. The van der Waals surface area contributed by atoms with Gasteiger partial charge >= 0.3 is 0 Å². The number of aryl methyl sites for hydroxylation is 1. The topological polar surface area (TPSA) is 71.3 Å². The first-order chi connectivity index (χ1) is 12.6. The highest BCUT2D eigenvalue weighted by atomic mass is 16.3. The van der Waals surface area contributed by atoms with Crippen molar-refractivity contribution < 1.29 is 14.0 Å². The number of rotatable bonds is 5. The van der Waals surface area contributed by atoms with Crippen molar-refractivity contribution in [3.63, 3.8) is 0 Å². The molecule has 1 aromatic heterocycles. The molecular weight excluding hydrogens is 328 g/mol. The van der Waals surface area contributed by atoms with E-state index in [1.807, 2.05) is 37.3 Å². The van der Waals surface area contributed by atoms with Gasteiger partial charge in [-0.1, -0.05) is 36.4 Å². The molecule has 2 amide bonds. The molecule has 0 radical (unpaired) electrons. The fourth-order valence-corrected chi connectivity index (χ4v) is 2.41. The monoisotopic (exact) mass is 346 g/mol. The molecule has 3 aromatic rings. The van der Waals surface area contributed by atoms with Crippen molar-refractivity contribution in [2.45, 2.75) is 6.92 Å². The van der Waals surface area contributed by atoms with Crippen LogP contribution in [0.15, 0.2) is 83.1 Å². The fourth-order valence-electron chi connectivity index (χ4n) is 2.41. The smallest absolute Gasteiger partial charge is 0.272 e. The van der Waals surface area contributed by atoms with Crippen molar-refractivity contribution in [1.29, 1.82) is 0 Å². The standard InChI is InChI=1S/C21H18N2O3/c1-15-8-5-6-12-18(15)20(24)23-19(14-17-11-7-13-26-17)21(25)22-16-9-3-2-4-10-16/h2-14H,1H3,(H,22,25)(H,23,24)/b19-14-. The molecule has 0 aliphatic rings. The summed E-state index contributed by atoms with van der Waals surface area (Å²) in [5, 5.41) is 5.44. The molecule has 0 spiro atoms. The molecule has 0 fully saturated rings. The van der Waals surface area contributed by atoms with Crippen LogP contribution < -0.4 is 10.6 Å². The average Bonchev–Trinajstić information content (AvgIpc) is 3.15. The second kappa shape index (κ2) is 7.98. The maximum atomic E-state index is 12.7. The van der Waals surface area contributed by atoms with Crippen LogP contribution in [0.5, 0.6) is 0 Å². The number of anilines is 1. The van der Waals surface area contributed by atoms with E-state index in [0.29, 0.717) is 17.0 Å². The van der Waals surface area contributed by atoms with Crippen LogP contribution >= 0.6 is 0 Å². The SMILES string of the molecule is Cc1ccccc1C(=O)N/C(=C\c1ccco1)C(=O)Nc1ccccc1.